The molecule has 0 bridgehead atoms. The molecule has 0 aliphatic heterocycles. The van der Waals surface area contributed by atoms with Gasteiger partial charge in [-0.1, -0.05) is 42.1 Å². The third kappa shape index (κ3) is 5.15. The molecule has 0 fully saturated rings. The van der Waals surface area contributed by atoms with E-state index in [1.165, 1.54) is 27.7 Å². The molecular weight excluding hydrogens is 458 g/mol. The first-order chi connectivity index (χ1) is 16.0. The van der Waals surface area contributed by atoms with Crippen molar-refractivity contribution in [2.45, 2.75) is 12.1 Å². The highest BCUT2D eigenvalue weighted by molar-refractivity contribution is 7.99. The minimum atomic E-state index is -0.405. The Hall–Kier alpha value is -3.43. The van der Waals surface area contributed by atoms with Crippen molar-refractivity contribution in [3.05, 3.63) is 76.6 Å². The molecule has 0 aliphatic carbocycles. The maximum Gasteiger partial charge on any atom is 0.338 e. The van der Waals surface area contributed by atoms with Gasteiger partial charge in [0, 0.05) is 17.6 Å². The van der Waals surface area contributed by atoms with Gasteiger partial charge in [-0.3, -0.25) is 14.2 Å². The molecule has 0 aliphatic rings. The molecule has 33 heavy (non-hydrogen) atoms. The number of carbonyl (C=O) groups excluding carboxylic acids is 2. The Morgan fingerprint density at radius 3 is 2.55 bits per heavy atom. The lowest BCUT2D eigenvalue weighted by atomic mass is 10.2. The van der Waals surface area contributed by atoms with E-state index in [2.05, 4.69) is 10.3 Å². The van der Waals surface area contributed by atoms with Crippen LogP contribution in [0.15, 0.2) is 70.6 Å². The quantitative estimate of drug-likeness (QED) is 0.237. The molecule has 2 aromatic carbocycles. The number of aromatic nitrogens is 2. The van der Waals surface area contributed by atoms with E-state index in [0.717, 1.165) is 10.4 Å². The highest BCUT2D eigenvalue weighted by atomic mass is 32.2. The van der Waals surface area contributed by atoms with E-state index in [1.54, 1.807) is 38.2 Å². The number of esters is 1. The molecule has 1 N–H and O–H groups in total. The average Bonchev–Trinajstić information content (AvgIpc) is 3.26. The number of anilines is 1. The van der Waals surface area contributed by atoms with Crippen LogP contribution in [-0.4, -0.2) is 33.8 Å². The summed E-state index contributed by atoms with van der Waals surface area (Å²) in [5.41, 5.74) is 2.51. The number of amides is 1. The van der Waals surface area contributed by atoms with E-state index < -0.39 is 5.97 Å². The first kappa shape index (κ1) is 22.8. The lowest BCUT2D eigenvalue weighted by Gasteiger charge is -2.08. The van der Waals surface area contributed by atoms with Crippen LogP contribution in [0.1, 0.15) is 17.3 Å². The normalized spacial score (nSPS) is 10.8. The number of nitrogens with one attached hydrogen (secondary N) is 1. The van der Waals surface area contributed by atoms with E-state index in [0.29, 0.717) is 33.2 Å². The maximum absolute atomic E-state index is 12.8. The van der Waals surface area contributed by atoms with Crippen molar-refractivity contribution >= 4 is 50.9 Å². The van der Waals surface area contributed by atoms with Crippen LogP contribution in [-0.2, 0) is 16.6 Å². The van der Waals surface area contributed by atoms with Gasteiger partial charge in [-0.05, 0) is 42.8 Å². The number of fused-ring (bicyclic) bond motifs is 1. The van der Waals surface area contributed by atoms with Gasteiger partial charge >= 0.3 is 5.97 Å². The largest absolute Gasteiger partial charge is 0.462 e. The Morgan fingerprint density at radius 1 is 1.12 bits per heavy atom. The number of hydrogen-bond donors (Lipinski definition) is 1. The summed E-state index contributed by atoms with van der Waals surface area (Å²) in [4.78, 5) is 42.6. The van der Waals surface area contributed by atoms with Crippen LogP contribution >= 0.6 is 23.1 Å². The van der Waals surface area contributed by atoms with Crippen molar-refractivity contribution in [3.8, 4) is 10.4 Å². The molecule has 9 heteroatoms. The van der Waals surface area contributed by atoms with Gasteiger partial charge in [-0.2, -0.15) is 0 Å². The van der Waals surface area contributed by atoms with Gasteiger partial charge in [0.05, 0.1) is 23.4 Å². The first-order valence-electron chi connectivity index (χ1n) is 10.2. The van der Waals surface area contributed by atoms with Crippen LogP contribution in [0.4, 0.5) is 5.69 Å². The average molecular weight is 480 g/mol. The first-order valence-corrected chi connectivity index (χ1v) is 12.0. The van der Waals surface area contributed by atoms with Crippen molar-refractivity contribution < 1.29 is 14.3 Å². The smallest absolute Gasteiger partial charge is 0.338 e. The van der Waals surface area contributed by atoms with Crippen LogP contribution in [0.2, 0.25) is 0 Å². The van der Waals surface area contributed by atoms with E-state index >= 15 is 0 Å². The minimum Gasteiger partial charge on any atom is -0.462 e. The molecule has 168 valence electrons. The van der Waals surface area contributed by atoms with Crippen molar-refractivity contribution in [2.24, 2.45) is 7.05 Å². The molecule has 0 unspecified atom stereocenters. The third-order valence-corrected chi connectivity index (χ3v) is 6.98. The van der Waals surface area contributed by atoms with Crippen LogP contribution in [0.25, 0.3) is 20.7 Å². The van der Waals surface area contributed by atoms with E-state index in [4.69, 9.17) is 4.74 Å². The van der Waals surface area contributed by atoms with E-state index in [1.807, 2.05) is 36.4 Å². The molecule has 4 aromatic rings. The fourth-order valence-corrected chi connectivity index (χ4v) is 4.99. The Labute approximate surface area is 198 Å². The number of benzene rings is 2. The lowest BCUT2D eigenvalue weighted by molar-refractivity contribution is -0.113. The van der Waals surface area contributed by atoms with Crippen LogP contribution in [0, 0.1) is 0 Å². The number of rotatable bonds is 7. The van der Waals surface area contributed by atoms with Gasteiger partial charge in [-0.25, -0.2) is 9.78 Å². The van der Waals surface area contributed by atoms with Crippen molar-refractivity contribution in [1.82, 2.24) is 9.55 Å². The standard InChI is InChI=1S/C24H21N3O4S2/c1-3-31-23(30)16-9-11-17(12-10-16)25-20(28)14-32-24-26-18-13-19(15-7-5-4-6-8-15)33-21(18)22(29)27(24)2/h4-13H,3,14H2,1-2H3,(H,25,28). The summed E-state index contributed by atoms with van der Waals surface area (Å²) in [6, 6.07) is 18.2. The monoisotopic (exact) mass is 479 g/mol. The van der Waals surface area contributed by atoms with Crippen LogP contribution in [0.5, 0.6) is 0 Å². The fraction of sp³-hybridized carbons (Fsp3) is 0.167. The number of carbonyl (C=O) groups is 2. The SMILES string of the molecule is CCOC(=O)c1ccc(NC(=O)CSc2nc3cc(-c4ccccc4)sc3c(=O)n2C)cc1. The second-order valence-electron chi connectivity index (χ2n) is 7.08. The molecule has 4 rings (SSSR count). The zero-order valence-electron chi connectivity index (χ0n) is 18.0. The summed E-state index contributed by atoms with van der Waals surface area (Å²) in [5, 5.41) is 3.25. The summed E-state index contributed by atoms with van der Waals surface area (Å²) in [6.07, 6.45) is 0. The molecule has 0 saturated heterocycles. The highest BCUT2D eigenvalue weighted by Crippen LogP contribution is 2.31. The Balaban J connectivity index is 1.45. The molecule has 0 saturated carbocycles. The lowest BCUT2D eigenvalue weighted by Crippen LogP contribution is -2.20. The molecule has 2 heterocycles. The summed E-state index contributed by atoms with van der Waals surface area (Å²) < 4.78 is 7.01. The number of ether oxygens (including phenoxy) is 1. The summed E-state index contributed by atoms with van der Waals surface area (Å²) in [6.45, 7) is 2.04. The second kappa shape index (κ2) is 10.0. The molecular formula is C24H21N3O4S2. The van der Waals surface area contributed by atoms with Crippen LogP contribution < -0.4 is 10.9 Å². The maximum atomic E-state index is 12.8. The van der Waals surface area contributed by atoms with Gasteiger partial charge in [0.2, 0.25) is 5.91 Å². The van der Waals surface area contributed by atoms with Gasteiger partial charge in [-0.15, -0.1) is 11.3 Å². The van der Waals surface area contributed by atoms with Gasteiger partial charge in [0.15, 0.2) is 5.16 Å². The molecule has 1 amide bonds. The highest BCUT2D eigenvalue weighted by Gasteiger charge is 2.15. The third-order valence-electron chi connectivity index (χ3n) is 4.78. The molecule has 0 radical (unpaired) electrons. The topological polar surface area (TPSA) is 90.3 Å². The zero-order chi connectivity index (χ0) is 23.4. The predicted octanol–water partition coefficient (Wildman–Crippen LogP) is 4.57. The summed E-state index contributed by atoms with van der Waals surface area (Å²) in [7, 11) is 1.66. The van der Waals surface area contributed by atoms with E-state index in [9.17, 15) is 14.4 Å². The van der Waals surface area contributed by atoms with Gasteiger partial charge < -0.3 is 10.1 Å². The number of hydrogen-bond acceptors (Lipinski definition) is 7. The Bertz CT molecular complexity index is 1360. The summed E-state index contributed by atoms with van der Waals surface area (Å²) >= 11 is 2.61. The summed E-state index contributed by atoms with van der Waals surface area (Å²) in [5.74, 6) is -0.563. The van der Waals surface area contributed by atoms with Crippen LogP contribution in [0.3, 0.4) is 0 Å². The predicted molar refractivity (Wildman–Crippen MR) is 132 cm³/mol. The molecule has 2 aromatic heterocycles. The number of thiophene rings is 1. The van der Waals surface area contributed by atoms with Crippen molar-refractivity contribution in [2.75, 3.05) is 17.7 Å². The molecule has 0 spiro atoms. The number of thioether (sulfide) groups is 1. The zero-order valence-corrected chi connectivity index (χ0v) is 19.7. The molecule has 7 nitrogen and oxygen atoms in total. The Morgan fingerprint density at radius 2 is 1.85 bits per heavy atom. The number of nitrogens with zero attached hydrogens (tertiary/aromatic N) is 2. The molecule has 0 atom stereocenters. The second-order valence-corrected chi connectivity index (χ2v) is 9.08. The van der Waals surface area contributed by atoms with E-state index in [-0.39, 0.29) is 17.2 Å². The minimum absolute atomic E-state index is 0.0844. The Kier molecular flexibility index (Phi) is 6.90. The van der Waals surface area contributed by atoms with Crippen molar-refractivity contribution in [1.29, 1.82) is 0 Å². The fourth-order valence-electron chi connectivity index (χ4n) is 3.14. The van der Waals surface area contributed by atoms with Crippen molar-refractivity contribution in [3.63, 3.8) is 0 Å². The van der Waals surface area contributed by atoms with Gasteiger partial charge in [0.25, 0.3) is 5.56 Å². The van der Waals surface area contributed by atoms with Gasteiger partial charge in [0.1, 0.15) is 4.70 Å².